The Kier molecular flexibility index (Phi) is 5.01. The molecule has 1 amide bonds. The van der Waals surface area contributed by atoms with E-state index in [0.29, 0.717) is 5.92 Å². The topological polar surface area (TPSA) is 59.8 Å². The second kappa shape index (κ2) is 7.95. The smallest absolute Gasteiger partial charge is 0.237 e. The van der Waals surface area contributed by atoms with Crippen molar-refractivity contribution in [1.29, 1.82) is 0 Å². The lowest BCUT2D eigenvalue weighted by Gasteiger charge is -2.15. The van der Waals surface area contributed by atoms with Gasteiger partial charge in [0.15, 0.2) is 5.16 Å². The first-order valence-corrected chi connectivity index (χ1v) is 11.0. The highest BCUT2D eigenvalue weighted by molar-refractivity contribution is 8.00. The van der Waals surface area contributed by atoms with Crippen LogP contribution in [0, 0.1) is 0 Å². The molecule has 1 saturated carbocycles. The minimum absolute atomic E-state index is 0.0491. The fourth-order valence-corrected chi connectivity index (χ4v) is 4.44. The average molecular weight is 415 g/mol. The Morgan fingerprint density at radius 1 is 1.00 bits per heavy atom. The maximum absolute atomic E-state index is 13.0. The van der Waals surface area contributed by atoms with Gasteiger partial charge >= 0.3 is 0 Å². The van der Waals surface area contributed by atoms with Crippen LogP contribution >= 0.6 is 11.8 Å². The number of anilines is 1. The number of benzene rings is 3. The Morgan fingerprint density at radius 3 is 2.53 bits per heavy atom. The molecular weight excluding hydrogens is 392 g/mol. The number of hydrogen-bond acceptors (Lipinski definition) is 4. The molecule has 1 aliphatic carbocycles. The lowest BCUT2D eigenvalue weighted by Crippen LogP contribution is -2.23. The van der Waals surface area contributed by atoms with Gasteiger partial charge < -0.3 is 5.32 Å². The average Bonchev–Trinajstić information content (AvgIpc) is 3.55. The predicted octanol–water partition coefficient (Wildman–Crippen LogP) is 5.42. The zero-order valence-corrected chi connectivity index (χ0v) is 17.5. The Bertz CT molecular complexity index is 1200. The van der Waals surface area contributed by atoms with Crippen molar-refractivity contribution in [1.82, 2.24) is 14.8 Å². The van der Waals surface area contributed by atoms with Gasteiger partial charge in [-0.2, -0.15) is 0 Å². The Hall–Kier alpha value is -3.12. The lowest BCUT2D eigenvalue weighted by atomic mass is 10.1. The van der Waals surface area contributed by atoms with Crippen molar-refractivity contribution in [3.05, 3.63) is 78.6 Å². The van der Waals surface area contributed by atoms with Gasteiger partial charge in [-0.25, -0.2) is 0 Å². The van der Waals surface area contributed by atoms with E-state index < -0.39 is 0 Å². The molecule has 0 saturated heterocycles. The van der Waals surface area contributed by atoms with E-state index >= 15 is 0 Å². The van der Waals surface area contributed by atoms with Crippen molar-refractivity contribution in [2.45, 2.75) is 36.1 Å². The molecule has 30 heavy (non-hydrogen) atoms. The van der Waals surface area contributed by atoms with Crippen LogP contribution in [-0.4, -0.2) is 25.9 Å². The van der Waals surface area contributed by atoms with Gasteiger partial charge in [0.25, 0.3) is 0 Å². The molecule has 1 aromatic heterocycles. The molecule has 5 rings (SSSR count). The number of fused-ring (bicyclic) bond motifs is 1. The Balaban J connectivity index is 1.39. The van der Waals surface area contributed by atoms with Crippen LogP contribution in [0.3, 0.4) is 0 Å². The molecule has 1 N–H and O–H groups in total. The number of amides is 1. The molecule has 5 nitrogen and oxygen atoms in total. The first-order chi connectivity index (χ1) is 14.7. The second-order valence-corrected chi connectivity index (χ2v) is 8.87. The number of hydrogen-bond donors (Lipinski definition) is 1. The van der Waals surface area contributed by atoms with Crippen molar-refractivity contribution in [3.63, 3.8) is 0 Å². The fourth-order valence-electron chi connectivity index (χ4n) is 3.56. The van der Waals surface area contributed by atoms with Crippen LogP contribution < -0.4 is 5.32 Å². The maximum Gasteiger partial charge on any atom is 0.237 e. The van der Waals surface area contributed by atoms with E-state index in [2.05, 4.69) is 32.2 Å². The van der Waals surface area contributed by atoms with Gasteiger partial charge in [-0.3, -0.25) is 9.36 Å². The third-order valence-corrected chi connectivity index (χ3v) is 6.36. The summed E-state index contributed by atoms with van der Waals surface area (Å²) < 4.78 is 2.10. The van der Waals surface area contributed by atoms with Gasteiger partial charge in [0, 0.05) is 22.7 Å². The fraction of sp³-hybridized carbons (Fsp3) is 0.208. The minimum atomic E-state index is -0.317. The van der Waals surface area contributed by atoms with Crippen LogP contribution in [0.2, 0.25) is 0 Å². The molecule has 6 heteroatoms. The van der Waals surface area contributed by atoms with Crippen molar-refractivity contribution in [2.24, 2.45) is 0 Å². The first-order valence-electron chi connectivity index (χ1n) is 10.2. The molecule has 0 spiro atoms. The highest BCUT2D eigenvalue weighted by atomic mass is 32.2. The van der Waals surface area contributed by atoms with E-state index in [-0.39, 0.29) is 11.2 Å². The van der Waals surface area contributed by atoms with Gasteiger partial charge in [0.05, 0.1) is 5.25 Å². The monoisotopic (exact) mass is 414 g/mol. The second-order valence-electron chi connectivity index (χ2n) is 7.56. The Labute approximate surface area is 179 Å². The molecule has 1 fully saturated rings. The molecule has 3 aromatic carbocycles. The maximum atomic E-state index is 13.0. The molecule has 0 radical (unpaired) electrons. The summed E-state index contributed by atoms with van der Waals surface area (Å²) in [7, 11) is 0. The summed E-state index contributed by atoms with van der Waals surface area (Å²) in [6.07, 6.45) is 2.29. The summed E-state index contributed by atoms with van der Waals surface area (Å²) in [6.45, 7) is 1.91. The number of carbonyl (C=O) groups excluding carboxylic acids is 1. The molecular formula is C24H22N4OS. The van der Waals surface area contributed by atoms with E-state index in [1.54, 1.807) is 0 Å². The summed E-state index contributed by atoms with van der Waals surface area (Å²) in [5.41, 5.74) is 1.86. The van der Waals surface area contributed by atoms with Crippen LogP contribution in [0.4, 0.5) is 5.69 Å². The van der Waals surface area contributed by atoms with Crippen LogP contribution in [0.25, 0.3) is 16.5 Å². The van der Waals surface area contributed by atoms with Crippen LogP contribution in [0.1, 0.15) is 31.5 Å². The standard InChI is InChI=1S/C24H22N4OS/c1-16(23(29)25-21-13-7-9-17-8-5-6-12-20(17)21)30-24-27-26-22(18-14-15-18)28(24)19-10-3-2-4-11-19/h2-13,16,18H,14-15H2,1H3,(H,25,29). The normalized spacial score (nSPS) is 14.6. The molecule has 150 valence electrons. The molecule has 0 aliphatic heterocycles. The van der Waals surface area contributed by atoms with Crippen LogP contribution in [0.15, 0.2) is 78.0 Å². The zero-order valence-electron chi connectivity index (χ0n) is 16.7. The molecule has 1 heterocycles. The number of nitrogens with zero attached hydrogens (tertiary/aromatic N) is 3. The van der Waals surface area contributed by atoms with Crippen LogP contribution in [-0.2, 0) is 4.79 Å². The highest BCUT2D eigenvalue weighted by Gasteiger charge is 2.31. The third kappa shape index (κ3) is 3.71. The quantitative estimate of drug-likeness (QED) is 0.428. The summed E-state index contributed by atoms with van der Waals surface area (Å²) in [6, 6.07) is 24.1. The zero-order chi connectivity index (χ0) is 20.5. The van der Waals surface area contributed by atoms with Gasteiger partial charge in [-0.05, 0) is 43.4 Å². The number of thioether (sulfide) groups is 1. The predicted molar refractivity (Wildman–Crippen MR) is 121 cm³/mol. The third-order valence-electron chi connectivity index (χ3n) is 5.31. The van der Waals surface area contributed by atoms with Gasteiger partial charge in [0.2, 0.25) is 5.91 Å². The molecule has 4 aromatic rings. The van der Waals surface area contributed by atoms with E-state index in [1.165, 1.54) is 11.8 Å². The number of para-hydroxylation sites is 1. The lowest BCUT2D eigenvalue weighted by molar-refractivity contribution is -0.115. The molecule has 1 atom stereocenters. The summed E-state index contributed by atoms with van der Waals surface area (Å²) in [4.78, 5) is 13.0. The summed E-state index contributed by atoms with van der Waals surface area (Å²) in [5, 5.41) is 14.5. The highest BCUT2D eigenvalue weighted by Crippen LogP contribution is 2.41. The first kappa shape index (κ1) is 18.9. The number of rotatable bonds is 6. The van der Waals surface area contributed by atoms with Crippen molar-refractivity contribution < 1.29 is 4.79 Å². The molecule has 1 aliphatic rings. The summed E-state index contributed by atoms with van der Waals surface area (Å²) >= 11 is 1.44. The van der Waals surface area contributed by atoms with E-state index in [4.69, 9.17) is 0 Å². The van der Waals surface area contributed by atoms with Gasteiger partial charge in [-0.15, -0.1) is 10.2 Å². The molecule has 1 unspecified atom stereocenters. The van der Waals surface area contributed by atoms with E-state index in [1.807, 2.05) is 67.6 Å². The Morgan fingerprint density at radius 2 is 1.73 bits per heavy atom. The van der Waals surface area contributed by atoms with Crippen molar-refractivity contribution in [2.75, 3.05) is 5.32 Å². The molecule has 0 bridgehead atoms. The van der Waals surface area contributed by atoms with Gasteiger partial charge in [-0.1, -0.05) is 66.4 Å². The number of nitrogens with one attached hydrogen (secondary N) is 1. The summed E-state index contributed by atoms with van der Waals surface area (Å²) in [5.74, 6) is 1.41. The SMILES string of the molecule is CC(Sc1nnc(C2CC2)n1-c1ccccc1)C(=O)Nc1cccc2ccccc12. The van der Waals surface area contributed by atoms with Crippen molar-refractivity contribution >= 4 is 34.1 Å². The number of aromatic nitrogens is 3. The minimum Gasteiger partial charge on any atom is -0.325 e. The largest absolute Gasteiger partial charge is 0.325 e. The van der Waals surface area contributed by atoms with Crippen LogP contribution in [0.5, 0.6) is 0 Å². The van der Waals surface area contributed by atoms with Crippen molar-refractivity contribution in [3.8, 4) is 5.69 Å². The van der Waals surface area contributed by atoms with E-state index in [0.717, 1.165) is 46.0 Å². The van der Waals surface area contributed by atoms with Gasteiger partial charge in [0.1, 0.15) is 5.82 Å². The number of carbonyl (C=O) groups is 1. The van der Waals surface area contributed by atoms with E-state index in [9.17, 15) is 4.79 Å².